The summed E-state index contributed by atoms with van der Waals surface area (Å²) in [5, 5.41) is 11.0. The molecule has 3 nitrogen and oxygen atoms in total. The molecule has 2 rings (SSSR count). The van der Waals surface area contributed by atoms with Crippen molar-refractivity contribution in [3.63, 3.8) is 0 Å². The Kier molecular flexibility index (Phi) is 5.21. The highest BCUT2D eigenvalue weighted by Crippen LogP contribution is 2.23. The van der Waals surface area contributed by atoms with E-state index in [1.807, 2.05) is 0 Å². The molecule has 1 atom stereocenters. The van der Waals surface area contributed by atoms with Crippen molar-refractivity contribution in [2.75, 3.05) is 26.2 Å². The average Bonchev–Trinajstić information content (AvgIpc) is 2.98. The lowest BCUT2D eigenvalue weighted by atomic mass is 10.1. The number of aliphatic hydroxyl groups is 1. The largest absolute Gasteiger partial charge is 0.396 e. The smallest absolute Gasteiger partial charge is 0.0555 e. The maximum Gasteiger partial charge on any atom is 0.0555 e. The van der Waals surface area contributed by atoms with Crippen molar-refractivity contribution in [2.45, 2.75) is 19.4 Å². The van der Waals surface area contributed by atoms with E-state index in [0.29, 0.717) is 19.1 Å². The van der Waals surface area contributed by atoms with E-state index in [2.05, 4.69) is 28.2 Å². The van der Waals surface area contributed by atoms with Gasteiger partial charge in [0.1, 0.15) is 0 Å². The van der Waals surface area contributed by atoms with Gasteiger partial charge in [-0.15, -0.1) is 11.3 Å². The quantitative estimate of drug-likeness (QED) is 0.805. The summed E-state index contributed by atoms with van der Waals surface area (Å²) in [6.07, 6.45) is 2.15. The second-order valence-electron chi connectivity index (χ2n) is 4.71. The lowest BCUT2D eigenvalue weighted by Gasteiger charge is -2.14. The first-order valence-corrected chi connectivity index (χ1v) is 7.29. The van der Waals surface area contributed by atoms with Gasteiger partial charge in [-0.2, -0.15) is 0 Å². The van der Waals surface area contributed by atoms with Gasteiger partial charge in [-0.25, -0.2) is 0 Å². The fourth-order valence-corrected chi connectivity index (χ4v) is 3.23. The van der Waals surface area contributed by atoms with E-state index in [4.69, 9.17) is 10.8 Å². The van der Waals surface area contributed by atoms with E-state index < -0.39 is 0 Å². The summed E-state index contributed by atoms with van der Waals surface area (Å²) >= 11 is 1.77. The van der Waals surface area contributed by atoms with Crippen LogP contribution in [-0.2, 0) is 6.54 Å². The Bertz CT molecular complexity index is 432. The molecule has 4 heteroatoms. The van der Waals surface area contributed by atoms with Crippen LogP contribution in [0.15, 0.2) is 11.4 Å². The number of aliphatic hydroxyl groups excluding tert-OH is 1. The number of thiophene rings is 1. The average molecular weight is 264 g/mol. The van der Waals surface area contributed by atoms with Crippen LogP contribution in [0, 0.1) is 17.8 Å². The molecule has 1 aliphatic rings. The molecule has 1 aromatic heterocycles. The highest BCUT2D eigenvalue weighted by Gasteiger charge is 2.22. The molecule has 0 saturated carbocycles. The molecule has 18 heavy (non-hydrogen) atoms. The molecule has 98 valence electrons. The predicted molar refractivity (Wildman–Crippen MR) is 75.3 cm³/mol. The van der Waals surface area contributed by atoms with Crippen molar-refractivity contribution >= 4 is 11.3 Å². The van der Waals surface area contributed by atoms with Crippen LogP contribution in [0.5, 0.6) is 0 Å². The Labute approximate surface area is 113 Å². The maximum atomic E-state index is 8.95. The first kappa shape index (κ1) is 13.6. The molecule has 2 heterocycles. The van der Waals surface area contributed by atoms with Crippen LogP contribution in [0.3, 0.4) is 0 Å². The maximum absolute atomic E-state index is 8.95. The number of hydrogen-bond donors (Lipinski definition) is 2. The normalized spacial score (nSPS) is 19.8. The second kappa shape index (κ2) is 6.91. The zero-order chi connectivity index (χ0) is 12.8. The lowest BCUT2D eigenvalue weighted by molar-refractivity contribution is 0.250. The molecule has 0 radical (unpaired) electrons. The van der Waals surface area contributed by atoms with Crippen LogP contribution in [0.2, 0.25) is 0 Å². The Morgan fingerprint density at radius 1 is 1.56 bits per heavy atom. The first-order valence-electron chi connectivity index (χ1n) is 6.41. The Balaban J connectivity index is 1.85. The topological polar surface area (TPSA) is 49.5 Å². The van der Waals surface area contributed by atoms with E-state index >= 15 is 0 Å². The molecule has 0 bridgehead atoms. The fraction of sp³-hybridized carbons (Fsp3) is 0.571. The molecule has 0 aliphatic carbocycles. The highest BCUT2D eigenvalue weighted by atomic mass is 32.1. The molecule has 1 fully saturated rings. The number of nitrogens with zero attached hydrogens (tertiary/aromatic N) is 1. The van der Waals surface area contributed by atoms with Crippen LogP contribution in [0.25, 0.3) is 0 Å². The third-order valence-electron chi connectivity index (χ3n) is 3.28. The molecule has 0 spiro atoms. The summed E-state index contributed by atoms with van der Waals surface area (Å²) in [5.74, 6) is 6.61. The van der Waals surface area contributed by atoms with E-state index in [1.165, 1.54) is 11.3 Å². The Morgan fingerprint density at radius 3 is 3.22 bits per heavy atom. The lowest BCUT2D eigenvalue weighted by Crippen LogP contribution is -2.19. The van der Waals surface area contributed by atoms with Crippen LogP contribution in [0.1, 0.15) is 23.3 Å². The van der Waals surface area contributed by atoms with Crippen LogP contribution < -0.4 is 5.73 Å². The van der Waals surface area contributed by atoms with Crippen molar-refractivity contribution in [3.05, 3.63) is 21.9 Å². The minimum absolute atomic E-state index is 0.316. The van der Waals surface area contributed by atoms with Crippen LogP contribution in [0.4, 0.5) is 0 Å². The van der Waals surface area contributed by atoms with Gasteiger partial charge in [0.25, 0.3) is 0 Å². The van der Waals surface area contributed by atoms with Gasteiger partial charge in [-0.3, -0.25) is 4.90 Å². The molecular formula is C14H20N2OS. The Morgan fingerprint density at radius 2 is 2.44 bits per heavy atom. The monoisotopic (exact) mass is 264 g/mol. The van der Waals surface area contributed by atoms with E-state index in [-0.39, 0.29) is 0 Å². The van der Waals surface area contributed by atoms with E-state index in [1.54, 1.807) is 11.3 Å². The third-order valence-corrected chi connectivity index (χ3v) is 4.20. The zero-order valence-electron chi connectivity index (χ0n) is 10.6. The summed E-state index contributed by atoms with van der Waals surface area (Å²) < 4.78 is 0. The number of likely N-dealkylation sites (tertiary alicyclic amines) is 1. The van der Waals surface area contributed by atoms with E-state index in [0.717, 1.165) is 31.6 Å². The molecule has 1 unspecified atom stereocenters. The van der Waals surface area contributed by atoms with Gasteiger partial charge in [0, 0.05) is 35.5 Å². The Hall–Kier alpha value is -0.860. The van der Waals surface area contributed by atoms with Gasteiger partial charge in [-0.1, -0.05) is 11.8 Å². The molecule has 1 aliphatic heterocycles. The summed E-state index contributed by atoms with van der Waals surface area (Å²) in [4.78, 5) is 3.83. The second-order valence-corrected chi connectivity index (χ2v) is 5.71. The highest BCUT2D eigenvalue weighted by molar-refractivity contribution is 7.10. The van der Waals surface area contributed by atoms with Crippen LogP contribution >= 0.6 is 11.3 Å². The van der Waals surface area contributed by atoms with Gasteiger partial charge in [0.15, 0.2) is 0 Å². The predicted octanol–water partition coefficient (Wildman–Crippen LogP) is 1.26. The summed E-state index contributed by atoms with van der Waals surface area (Å²) in [7, 11) is 0. The van der Waals surface area contributed by atoms with E-state index in [9.17, 15) is 0 Å². The number of nitrogens with two attached hydrogens (primary N) is 1. The number of hydrogen-bond acceptors (Lipinski definition) is 4. The van der Waals surface area contributed by atoms with Crippen molar-refractivity contribution in [2.24, 2.45) is 11.7 Å². The van der Waals surface area contributed by atoms with Crippen molar-refractivity contribution < 1.29 is 5.11 Å². The minimum Gasteiger partial charge on any atom is -0.396 e. The molecule has 3 N–H and O–H groups in total. The molecule has 1 saturated heterocycles. The first-order chi connectivity index (χ1) is 8.81. The summed E-state index contributed by atoms with van der Waals surface area (Å²) in [6.45, 7) is 4.00. The molecular weight excluding hydrogens is 244 g/mol. The van der Waals surface area contributed by atoms with Crippen molar-refractivity contribution in [3.8, 4) is 11.8 Å². The van der Waals surface area contributed by atoms with Gasteiger partial charge in [-0.05, 0) is 31.4 Å². The van der Waals surface area contributed by atoms with Gasteiger partial charge >= 0.3 is 0 Å². The fourth-order valence-electron chi connectivity index (χ4n) is 2.38. The SMILES string of the molecule is NCC#Cc1csc(CN2CCC(CCO)C2)c1. The zero-order valence-corrected chi connectivity index (χ0v) is 11.4. The summed E-state index contributed by atoms with van der Waals surface area (Å²) in [5.41, 5.74) is 6.44. The molecule has 0 aromatic carbocycles. The van der Waals surface area contributed by atoms with Gasteiger partial charge in [0.2, 0.25) is 0 Å². The van der Waals surface area contributed by atoms with Gasteiger partial charge in [0.05, 0.1) is 6.54 Å². The third kappa shape index (κ3) is 3.82. The van der Waals surface area contributed by atoms with Crippen LogP contribution in [-0.4, -0.2) is 36.2 Å². The summed E-state index contributed by atoms with van der Waals surface area (Å²) in [6, 6.07) is 2.16. The van der Waals surface area contributed by atoms with Gasteiger partial charge < -0.3 is 10.8 Å². The minimum atomic E-state index is 0.316. The standard InChI is InChI=1S/C14H20N2OS/c15-5-1-2-13-8-14(18-11-13)10-16-6-3-12(9-16)4-7-17/h8,11-12,17H,3-7,9-10,15H2. The van der Waals surface area contributed by atoms with Crippen molar-refractivity contribution in [1.29, 1.82) is 0 Å². The molecule has 1 aromatic rings. The van der Waals surface area contributed by atoms with Crippen molar-refractivity contribution in [1.82, 2.24) is 4.90 Å². The molecule has 0 amide bonds. The number of rotatable bonds is 4.